The van der Waals surface area contributed by atoms with Crippen LogP contribution in [0.25, 0.3) is 11.0 Å². The highest BCUT2D eigenvalue weighted by Gasteiger charge is 2.29. The Hall–Kier alpha value is -2.45. The number of H-pyrrole nitrogens is 1. The number of nitrogens with zero attached hydrogens (tertiary/aromatic N) is 3. The first-order valence-electron chi connectivity index (χ1n) is 11.5. The van der Waals surface area contributed by atoms with Crippen molar-refractivity contribution in [2.24, 2.45) is 5.92 Å². The van der Waals surface area contributed by atoms with E-state index in [1.165, 1.54) is 6.20 Å². The van der Waals surface area contributed by atoms with Crippen LogP contribution in [-0.2, 0) is 9.53 Å². The maximum absolute atomic E-state index is 15.0. The summed E-state index contributed by atoms with van der Waals surface area (Å²) in [4.78, 5) is 24.1. The van der Waals surface area contributed by atoms with Crippen LogP contribution >= 0.6 is 0 Å². The maximum Gasteiger partial charge on any atom is 0.246 e. The Morgan fingerprint density at radius 3 is 2.91 bits per heavy atom. The van der Waals surface area contributed by atoms with Crippen LogP contribution < -0.4 is 5.32 Å². The molecule has 2 fully saturated rings. The van der Waals surface area contributed by atoms with Gasteiger partial charge in [-0.2, -0.15) is 0 Å². The summed E-state index contributed by atoms with van der Waals surface area (Å²) in [5.74, 6) is 0.309. The molecular formula is C24H34FN5O2. The highest BCUT2D eigenvalue weighted by atomic mass is 19.1. The number of fused-ring (bicyclic) bond motifs is 1. The Morgan fingerprint density at radius 1 is 1.38 bits per heavy atom. The van der Waals surface area contributed by atoms with Gasteiger partial charge in [-0.25, -0.2) is 9.37 Å². The molecule has 0 spiro atoms. The van der Waals surface area contributed by atoms with Crippen molar-refractivity contribution in [2.75, 3.05) is 52.3 Å². The minimum atomic E-state index is -0.354. The normalized spacial score (nSPS) is 22.8. The standard InChI is InChI=1S/C24H34FN5O2/c1-16-11-18(15-30(14-16)21(31)5-4-8-29(2)3)28-23-20(25)13-27-24-22(23)19(12-26-24)17-6-9-32-10-7-17/h4-5,12-13,16-18H,6-11,14-15H2,1-3H3,(H2,26,27,28)/b5-4+/t16-,18+/m0/s1. The molecule has 2 saturated heterocycles. The number of aromatic amines is 1. The number of carbonyl (C=O) groups excluding carboxylic acids is 1. The molecule has 0 aliphatic carbocycles. The molecule has 0 saturated carbocycles. The van der Waals surface area contributed by atoms with Gasteiger partial charge in [-0.1, -0.05) is 13.0 Å². The molecule has 174 valence electrons. The van der Waals surface area contributed by atoms with E-state index < -0.39 is 0 Å². The minimum Gasteiger partial charge on any atom is -0.381 e. The lowest BCUT2D eigenvalue weighted by atomic mass is 9.91. The predicted octanol–water partition coefficient (Wildman–Crippen LogP) is 3.36. The highest BCUT2D eigenvalue weighted by molar-refractivity contribution is 5.93. The van der Waals surface area contributed by atoms with Gasteiger partial charge in [0.05, 0.1) is 11.9 Å². The molecule has 8 heteroatoms. The molecule has 2 N–H and O–H groups in total. The monoisotopic (exact) mass is 443 g/mol. The van der Waals surface area contributed by atoms with Gasteiger partial charge in [-0.15, -0.1) is 0 Å². The van der Waals surface area contributed by atoms with E-state index in [2.05, 4.69) is 22.2 Å². The van der Waals surface area contributed by atoms with Crippen LogP contribution in [0.5, 0.6) is 0 Å². The lowest BCUT2D eigenvalue weighted by molar-refractivity contribution is -0.127. The van der Waals surface area contributed by atoms with Crippen molar-refractivity contribution >= 4 is 22.6 Å². The molecule has 2 aromatic heterocycles. The molecule has 0 radical (unpaired) electrons. The van der Waals surface area contributed by atoms with E-state index in [0.29, 0.717) is 29.7 Å². The summed E-state index contributed by atoms with van der Waals surface area (Å²) in [5.41, 5.74) is 2.28. The number of anilines is 1. The molecular weight excluding hydrogens is 409 g/mol. The summed E-state index contributed by atoms with van der Waals surface area (Å²) in [5, 5.41) is 4.29. The molecule has 7 nitrogen and oxygen atoms in total. The summed E-state index contributed by atoms with van der Waals surface area (Å²) in [6.45, 7) is 5.58. The highest BCUT2D eigenvalue weighted by Crippen LogP contribution is 2.37. The third-order valence-electron chi connectivity index (χ3n) is 6.40. The Balaban J connectivity index is 1.55. The number of likely N-dealkylation sites (N-methyl/N-ethyl adjacent to an activating group) is 1. The van der Waals surface area contributed by atoms with Crippen LogP contribution in [0.4, 0.5) is 10.1 Å². The van der Waals surface area contributed by atoms with Gasteiger partial charge in [-0.05, 0) is 50.8 Å². The maximum atomic E-state index is 15.0. The quantitative estimate of drug-likeness (QED) is 0.670. The number of hydrogen-bond acceptors (Lipinski definition) is 5. The topological polar surface area (TPSA) is 73.5 Å². The number of carbonyl (C=O) groups is 1. The number of halogens is 1. The first-order chi connectivity index (χ1) is 15.4. The Bertz CT molecular complexity index is 967. The van der Waals surface area contributed by atoms with Gasteiger partial charge in [0.15, 0.2) is 5.82 Å². The van der Waals surface area contributed by atoms with Crippen molar-refractivity contribution in [1.29, 1.82) is 0 Å². The van der Waals surface area contributed by atoms with E-state index in [4.69, 9.17) is 4.74 Å². The third kappa shape index (κ3) is 5.13. The fourth-order valence-corrected chi connectivity index (χ4v) is 4.88. The van der Waals surface area contributed by atoms with Crippen molar-refractivity contribution in [3.63, 3.8) is 0 Å². The number of hydrogen-bond donors (Lipinski definition) is 2. The second kappa shape index (κ2) is 10.0. The van der Waals surface area contributed by atoms with Crippen molar-refractivity contribution < 1.29 is 13.9 Å². The Labute approximate surface area is 189 Å². The molecule has 32 heavy (non-hydrogen) atoms. The first kappa shape index (κ1) is 22.7. The smallest absolute Gasteiger partial charge is 0.246 e. The van der Waals surface area contributed by atoms with Crippen molar-refractivity contribution in [3.8, 4) is 0 Å². The van der Waals surface area contributed by atoms with Crippen LogP contribution in [-0.4, -0.2) is 78.7 Å². The Morgan fingerprint density at radius 2 is 2.16 bits per heavy atom. The molecule has 2 atom stereocenters. The van der Waals surface area contributed by atoms with E-state index in [1.54, 1.807) is 6.08 Å². The van der Waals surface area contributed by atoms with Gasteiger partial charge < -0.3 is 24.8 Å². The largest absolute Gasteiger partial charge is 0.381 e. The number of piperidine rings is 1. The summed E-state index contributed by atoms with van der Waals surface area (Å²) < 4.78 is 20.5. The molecule has 1 amide bonds. The number of aromatic nitrogens is 2. The van der Waals surface area contributed by atoms with Gasteiger partial charge in [0.1, 0.15) is 5.65 Å². The second-order valence-electron chi connectivity index (χ2n) is 9.43. The average Bonchev–Trinajstić information content (AvgIpc) is 3.20. The van der Waals surface area contributed by atoms with Crippen LogP contribution in [0.1, 0.15) is 37.7 Å². The molecule has 2 aromatic rings. The Kier molecular flexibility index (Phi) is 7.10. The van der Waals surface area contributed by atoms with Gasteiger partial charge >= 0.3 is 0 Å². The first-order valence-corrected chi connectivity index (χ1v) is 11.5. The minimum absolute atomic E-state index is 0.00934. The van der Waals surface area contributed by atoms with Crippen LogP contribution in [0.3, 0.4) is 0 Å². The number of nitrogens with one attached hydrogen (secondary N) is 2. The average molecular weight is 444 g/mol. The van der Waals surface area contributed by atoms with E-state index in [-0.39, 0.29) is 17.8 Å². The summed E-state index contributed by atoms with van der Waals surface area (Å²) in [6.07, 6.45) is 9.49. The van der Waals surface area contributed by atoms with E-state index >= 15 is 4.39 Å². The lowest BCUT2D eigenvalue weighted by Gasteiger charge is -2.37. The summed E-state index contributed by atoms with van der Waals surface area (Å²) >= 11 is 0. The van der Waals surface area contributed by atoms with Crippen molar-refractivity contribution in [1.82, 2.24) is 19.8 Å². The predicted molar refractivity (Wildman–Crippen MR) is 124 cm³/mol. The number of pyridine rings is 1. The summed E-state index contributed by atoms with van der Waals surface area (Å²) in [6, 6.07) is -0.0255. The number of amides is 1. The van der Waals surface area contributed by atoms with Gasteiger partial charge in [-0.3, -0.25) is 4.79 Å². The van der Waals surface area contributed by atoms with E-state index in [1.807, 2.05) is 36.2 Å². The zero-order valence-corrected chi connectivity index (χ0v) is 19.2. The molecule has 0 bridgehead atoms. The third-order valence-corrected chi connectivity index (χ3v) is 6.40. The second-order valence-corrected chi connectivity index (χ2v) is 9.43. The molecule has 2 aliphatic rings. The molecule has 0 aromatic carbocycles. The number of ether oxygens (including phenoxy) is 1. The zero-order valence-electron chi connectivity index (χ0n) is 19.2. The number of likely N-dealkylation sites (tertiary alicyclic amines) is 1. The lowest BCUT2D eigenvalue weighted by Crippen LogP contribution is -2.47. The zero-order chi connectivity index (χ0) is 22.7. The van der Waals surface area contributed by atoms with Gasteiger partial charge in [0.25, 0.3) is 0 Å². The SMILES string of the molecule is C[C@H]1C[C@@H](Nc2c(F)cnc3[nH]cc(C4CCOCC4)c23)CN(C(=O)/C=C/CN(C)C)C1. The molecule has 4 heterocycles. The molecule has 0 unspecified atom stereocenters. The fourth-order valence-electron chi connectivity index (χ4n) is 4.88. The van der Waals surface area contributed by atoms with E-state index in [9.17, 15) is 4.79 Å². The van der Waals surface area contributed by atoms with Crippen molar-refractivity contribution in [2.45, 2.75) is 38.1 Å². The van der Waals surface area contributed by atoms with Gasteiger partial charge in [0.2, 0.25) is 5.91 Å². The fraction of sp³-hybridized carbons (Fsp3) is 0.583. The molecule has 2 aliphatic heterocycles. The van der Waals surface area contributed by atoms with Crippen LogP contribution in [0.15, 0.2) is 24.5 Å². The van der Waals surface area contributed by atoms with Crippen LogP contribution in [0.2, 0.25) is 0 Å². The van der Waals surface area contributed by atoms with Crippen LogP contribution in [0, 0.1) is 11.7 Å². The summed E-state index contributed by atoms with van der Waals surface area (Å²) in [7, 11) is 3.94. The number of rotatable bonds is 6. The van der Waals surface area contributed by atoms with Gasteiger partial charge in [0, 0.05) is 56.5 Å². The van der Waals surface area contributed by atoms with Crippen molar-refractivity contribution in [3.05, 3.63) is 35.9 Å². The molecule has 4 rings (SSSR count). The van der Waals surface area contributed by atoms with E-state index in [0.717, 1.165) is 56.5 Å².